The van der Waals surface area contributed by atoms with E-state index in [0.717, 1.165) is 15.6 Å². The van der Waals surface area contributed by atoms with Crippen LogP contribution in [0, 0.1) is 0 Å². The van der Waals surface area contributed by atoms with Gasteiger partial charge in [-0.2, -0.15) is 4.80 Å². The van der Waals surface area contributed by atoms with E-state index >= 15 is 0 Å². The summed E-state index contributed by atoms with van der Waals surface area (Å²) < 4.78 is 0.982. The number of carbonyl (C=O) groups is 1. The summed E-state index contributed by atoms with van der Waals surface area (Å²) in [6.45, 7) is 0.739. The van der Waals surface area contributed by atoms with Crippen LogP contribution >= 0.6 is 27.3 Å². The number of rotatable bonds is 6. The molecule has 28 heavy (non-hydrogen) atoms. The summed E-state index contributed by atoms with van der Waals surface area (Å²) in [5.41, 5.74) is 1.89. The molecule has 2 heterocycles. The lowest BCUT2D eigenvalue weighted by Gasteiger charge is -2.02. The number of nitrogens with one attached hydrogen (secondary N) is 1. The zero-order valence-corrected chi connectivity index (χ0v) is 16.9. The maximum atomic E-state index is 12.2. The van der Waals surface area contributed by atoms with Crippen LogP contribution in [-0.2, 0) is 13.1 Å². The van der Waals surface area contributed by atoms with Crippen molar-refractivity contribution in [3.05, 3.63) is 74.6 Å². The van der Waals surface area contributed by atoms with Gasteiger partial charge in [0.05, 0.1) is 0 Å². The summed E-state index contributed by atoms with van der Waals surface area (Å²) in [5, 5.41) is 24.2. The maximum Gasteiger partial charge on any atom is 0.282 e. The smallest absolute Gasteiger partial charge is 0.282 e. The van der Waals surface area contributed by atoms with Crippen molar-refractivity contribution < 1.29 is 4.79 Å². The van der Waals surface area contributed by atoms with Crippen LogP contribution in [0.25, 0.3) is 11.4 Å². The highest BCUT2D eigenvalue weighted by Gasteiger charge is 2.14. The second kappa shape index (κ2) is 8.36. The third kappa shape index (κ3) is 4.46. The van der Waals surface area contributed by atoms with Gasteiger partial charge in [0.25, 0.3) is 5.91 Å². The fourth-order valence-electron chi connectivity index (χ4n) is 2.41. The quantitative estimate of drug-likeness (QED) is 0.479. The summed E-state index contributed by atoms with van der Waals surface area (Å²) in [7, 11) is 0. The summed E-state index contributed by atoms with van der Waals surface area (Å²) in [6, 6.07) is 17.3. The molecule has 2 aromatic carbocycles. The summed E-state index contributed by atoms with van der Waals surface area (Å²) >= 11 is 4.61. The summed E-state index contributed by atoms with van der Waals surface area (Å²) in [5.74, 6) is 0.271. The number of hydrogen-bond donors (Lipinski definition) is 1. The van der Waals surface area contributed by atoms with Crippen molar-refractivity contribution in [1.29, 1.82) is 0 Å². The third-order valence-corrected chi connectivity index (χ3v) is 5.22. The van der Waals surface area contributed by atoms with Gasteiger partial charge < -0.3 is 5.32 Å². The molecular weight excluding hydrogens is 442 g/mol. The van der Waals surface area contributed by atoms with Gasteiger partial charge >= 0.3 is 0 Å². The first-order valence-corrected chi connectivity index (χ1v) is 9.96. The third-order valence-electron chi connectivity index (χ3n) is 3.79. The summed E-state index contributed by atoms with van der Waals surface area (Å²) in [4.78, 5) is 13.7. The highest BCUT2D eigenvalue weighted by Crippen LogP contribution is 2.18. The predicted molar refractivity (Wildman–Crippen MR) is 108 cm³/mol. The molecular formula is C18H14BrN7OS. The molecule has 140 valence electrons. The highest BCUT2D eigenvalue weighted by atomic mass is 79.9. The topological polar surface area (TPSA) is 98.5 Å². The largest absolute Gasteiger partial charge is 0.346 e. The lowest BCUT2D eigenvalue weighted by Crippen LogP contribution is -2.22. The van der Waals surface area contributed by atoms with E-state index in [4.69, 9.17) is 0 Å². The number of tetrazole rings is 1. The van der Waals surface area contributed by atoms with Gasteiger partial charge in [0.15, 0.2) is 0 Å². The van der Waals surface area contributed by atoms with Gasteiger partial charge in [0.2, 0.25) is 10.8 Å². The normalized spacial score (nSPS) is 10.8. The highest BCUT2D eigenvalue weighted by molar-refractivity contribution is 9.10. The Hall–Kier alpha value is -2.98. The van der Waals surface area contributed by atoms with Crippen LogP contribution < -0.4 is 5.32 Å². The Morgan fingerprint density at radius 3 is 2.61 bits per heavy atom. The van der Waals surface area contributed by atoms with E-state index in [-0.39, 0.29) is 5.91 Å². The van der Waals surface area contributed by atoms with Gasteiger partial charge in [-0.1, -0.05) is 57.6 Å². The summed E-state index contributed by atoms with van der Waals surface area (Å²) in [6.07, 6.45) is 0. The van der Waals surface area contributed by atoms with Crippen LogP contribution in [0.1, 0.15) is 20.4 Å². The van der Waals surface area contributed by atoms with Crippen LogP contribution in [0.15, 0.2) is 59.1 Å². The first kappa shape index (κ1) is 18.4. The molecule has 0 fully saturated rings. The lowest BCUT2D eigenvalue weighted by molar-refractivity contribution is 0.0950. The Kier molecular flexibility index (Phi) is 5.49. The molecule has 10 heteroatoms. The Morgan fingerprint density at radius 2 is 1.82 bits per heavy atom. The number of nitrogens with zero attached hydrogens (tertiary/aromatic N) is 6. The predicted octanol–water partition coefficient (Wildman–Crippen LogP) is 2.93. The van der Waals surface area contributed by atoms with Gasteiger partial charge in [-0.05, 0) is 35.0 Å². The van der Waals surface area contributed by atoms with Crippen molar-refractivity contribution in [2.75, 3.05) is 0 Å². The molecule has 0 aliphatic carbocycles. The lowest BCUT2D eigenvalue weighted by atomic mass is 10.2. The minimum absolute atomic E-state index is 0.255. The Bertz CT molecular complexity index is 1080. The van der Waals surface area contributed by atoms with Crippen molar-refractivity contribution in [2.45, 2.75) is 13.1 Å². The van der Waals surface area contributed by atoms with E-state index in [1.54, 1.807) is 0 Å². The number of benzene rings is 2. The Balaban J connectivity index is 1.38. The standard InChI is InChI=1S/C18H14BrN7OS/c19-14-8-6-13(7-9-14)16-22-25-26(24-16)11-15-21-23-18(28-15)17(27)20-10-12-4-2-1-3-5-12/h1-9H,10-11H2,(H,20,27). The van der Waals surface area contributed by atoms with Crippen molar-refractivity contribution in [3.8, 4) is 11.4 Å². The first-order valence-electron chi connectivity index (χ1n) is 8.35. The van der Waals surface area contributed by atoms with Gasteiger partial charge in [-0.15, -0.1) is 20.4 Å². The van der Waals surface area contributed by atoms with Crippen molar-refractivity contribution in [3.63, 3.8) is 0 Å². The molecule has 0 aliphatic heterocycles. The average Bonchev–Trinajstić information content (AvgIpc) is 3.38. The van der Waals surface area contributed by atoms with Gasteiger partial charge in [0.1, 0.15) is 11.6 Å². The van der Waals surface area contributed by atoms with Crippen molar-refractivity contribution >= 4 is 33.2 Å². The second-order valence-corrected chi connectivity index (χ2v) is 7.80. The molecule has 2 aromatic heterocycles. The number of hydrogen-bond acceptors (Lipinski definition) is 7. The van der Waals surface area contributed by atoms with Crippen LogP contribution in [0.2, 0.25) is 0 Å². The van der Waals surface area contributed by atoms with Gasteiger partial charge in [-0.3, -0.25) is 4.79 Å². The van der Waals surface area contributed by atoms with E-state index in [1.807, 2.05) is 54.6 Å². The van der Waals surface area contributed by atoms with E-state index in [2.05, 4.69) is 46.9 Å². The molecule has 0 aliphatic rings. The minimum atomic E-state index is -0.255. The van der Waals surface area contributed by atoms with Crippen LogP contribution in [-0.4, -0.2) is 36.3 Å². The number of amides is 1. The molecule has 1 N–H and O–H groups in total. The van der Waals surface area contributed by atoms with E-state index in [9.17, 15) is 4.79 Å². The molecule has 0 radical (unpaired) electrons. The van der Waals surface area contributed by atoms with E-state index in [0.29, 0.717) is 28.9 Å². The molecule has 8 nitrogen and oxygen atoms in total. The minimum Gasteiger partial charge on any atom is -0.346 e. The Morgan fingerprint density at radius 1 is 1.04 bits per heavy atom. The molecule has 0 spiro atoms. The first-order chi connectivity index (χ1) is 13.7. The molecule has 0 bridgehead atoms. The number of carbonyl (C=O) groups excluding carboxylic acids is 1. The zero-order chi connectivity index (χ0) is 19.3. The number of aromatic nitrogens is 6. The SMILES string of the molecule is O=C(NCc1ccccc1)c1nnc(Cn2nnc(-c3ccc(Br)cc3)n2)s1. The maximum absolute atomic E-state index is 12.2. The molecule has 4 aromatic rings. The van der Waals surface area contributed by atoms with Gasteiger partial charge in [-0.25, -0.2) is 0 Å². The van der Waals surface area contributed by atoms with Crippen molar-refractivity contribution in [1.82, 2.24) is 35.7 Å². The second-order valence-electron chi connectivity index (χ2n) is 5.82. The average molecular weight is 456 g/mol. The fraction of sp³-hybridized carbons (Fsp3) is 0.111. The molecule has 0 saturated carbocycles. The van der Waals surface area contributed by atoms with E-state index in [1.165, 1.54) is 16.1 Å². The fourth-order valence-corrected chi connectivity index (χ4v) is 3.40. The molecule has 4 rings (SSSR count). The monoisotopic (exact) mass is 455 g/mol. The van der Waals surface area contributed by atoms with Gasteiger partial charge in [0, 0.05) is 16.6 Å². The van der Waals surface area contributed by atoms with Crippen LogP contribution in [0.4, 0.5) is 0 Å². The van der Waals surface area contributed by atoms with Crippen molar-refractivity contribution in [2.24, 2.45) is 0 Å². The van der Waals surface area contributed by atoms with Crippen LogP contribution in [0.5, 0.6) is 0 Å². The zero-order valence-electron chi connectivity index (χ0n) is 14.5. The molecule has 0 atom stereocenters. The van der Waals surface area contributed by atoms with Crippen LogP contribution in [0.3, 0.4) is 0 Å². The number of halogens is 1. The molecule has 0 unspecified atom stereocenters. The molecule has 0 saturated heterocycles. The molecule has 1 amide bonds. The van der Waals surface area contributed by atoms with E-state index < -0.39 is 0 Å². The Labute approximate surface area is 172 Å².